The van der Waals surface area contributed by atoms with Gasteiger partial charge >= 0.3 is 5.97 Å². The Morgan fingerprint density at radius 2 is 1.55 bits per heavy atom. The van der Waals surface area contributed by atoms with Gasteiger partial charge in [0.25, 0.3) is 0 Å². The minimum atomic E-state index is -0.439. The van der Waals surface area contributed by atoms with E-state index in [1.165, 1.54) is 14.0 Å². The first kappa shape index (κ1) is 14.0. The van der Waals surface area contributed by atoms with Crippen LogP contribution in [0.15, 0.2) is 36.9 Å². The molecule has 0 aromatic carbocycles. The smallest absolute Gasteiger partial charge is 0.338 e. The third-order valence-corrected chi connectivity index (χ3v) is 3.30. The monoisotopic (exact) mass is 268 g/mol. The number of carbonyl (C=O) groups is 2. The molecule has 0 spiro atoms. The lowest BCUT2D eigenvalue weighted by Gasteiger charge is -1.99. The predicted molar refractivity (Wildman–Crippen MR) is 79.1 cm³/mol. The Labute approximate surface area is 118 Å². The Morgan fingerprint density at radius 1 is 1.00 bits per heavy atom. The van der Waals surface area contributed by atoms with E-state index >= 15 is 0 Å². The molecule has 0 saturated heterocycles. The number of Topliss-reactive ketones (excluding diaryl/α,β-unsaturated/α-hetero) is 1. The quantitative estimate of drug-likeness (QED) is 0.628. The number of hydrogen-bond donors (Lipinski definition) is 0. The summed E-state index contributed by atoms with van der Waals surface area (Å²) in [6.45, 7) is 7.30. The Hall–Kier alpha value is -2.42. The fourth-order valence-electron chi connectivity index (χ4n) is 2.21. The number of ether oxygens (including phenoxy) is 1. The fourth-order valence-corrected chi connectivity index (χ4v) is 2.21. The van der Waals surface area contributed by atoms with E-state index in [2.05, 4.69) is 6.58 Å². The molecule has 0 saturated carbocycles. The van der Waals surface area contributed by atoms with Crippen LogP contribution in [0.5, 0.6) is 0 Å². The predicted octanol–water partition coefficient (Wildman–Crippen LogP) is 3.81. The standard InChI is InChI=1S/C17H16O3/c1-10(2)12-5-7-13-14(8-6-12)16(17(19)20-4)9-15(13)11(3)18/h5-9H,1H2,2-4H3. The highest BCUT2D eigenvalue weighted by Crippen LogP contribution is 2.33. The van der Waals surface area contributed by atoms with E-state index in [-0.39, 0.29) is 5.78 Å². The van der Waals surface area contributed by atoms with Gasteiger partial charge in [-0.3, -0.25) is 4.79 Å². The van der Waals surface area contributed by atoms with Crippen molar-refractivity contribution in [1.29, 1.82) is 0 Å². The first-order valence-electron chi connectivity index (χ1n) is 6.27. The average molecular weight is 268 g/mol. The number of methoxy groups -OCH3 is 1. The van der Waals surface area contributed by atoms with Crippen molar-refractivity contribution in [3.8, 4) is 11.1 Å². The molecule has 0 atom stereocenters. The maximum Gasteiger partial charge on any atom is 0.338 e. The van der Waals surface area contributed by atoms with Gasteiger partial charge in [-0.25, -0.2) is 4.79 Å². The van der Waals surface area contributed by atoms with Crippen molar-refractivity contribution >= 4 is 17.3 Å². The Morgan fingerprint density at radius 3 is 2.00 bits per heavy atom. The molecule has 0 amide bonds. The van der Waals surface area contributed by atoms with Crippen LogP contribution in [-0.2, 0) is 4.74 Å². The topological polar surface area (TPSA) is 43.4 Å². The van der Waals surface area contributed by atoms with Crippen molar-refractivity contribution in [2.75, 3.05) is 7.11 Å². The summed E-state index contributed by atoms with van der Waals surface area (Å²) in [6, 6.07) is 9.07. The highest BCUT2D eigenvalue weighted by Gasteiger charge is 2.22. The number of rotatable bonds is 3. The van der Waals surface area contributed by atoms with Crippen molar-refractivity contribution in [3.63, 3.8) is 0 Å². The van der Waals surface area contributed by atoms with Gasteiger partial charge in [-0.1, -0.05) is 36.4 Å². The third-order valence-electron chi connectivity index (χ3n) is 3.30. The van der Waals surface area contributed by atoms with Gasteiger partial charge in [0.05, 0.1) is 12.7 Å². The number of ketones is 1. The van der Waals surface area contributed by atoms with E-state index in [0.29, 0.717) is 11.1 Å². The first-order valence-corrected chi connectivity index (χ1v) is 6.27. The van der Waals surface area contributed by atoms with Gasteiger partial charge in [0.1, 0.15) is 0 Å². The number of esters is 1. The van der Waals surface area contributed by atoms with Gasteiger partial charge in [-0.15, -0.1) is 0 Å². The molecule has 0 unspecified atom stereocenters. The van der Waals surface area contributed by atoms with E-state index in [1.54, 1.807) is 6.07 Å². The second kappa shape index (κ2) is 5.29. The lowest BCUT2D eigenvalue weighted by atomic mass is 10.1. The first-order chi connectivity index (χ1) is 9.45. The summed E-state index contributed by atoms with van der Waals surface area (Å²) >= 11 is 0. The minimum Gasteiger partial charge on any atom is -0.465 e. The van der Waals surface area contributed by atoms with Gasteiger partial charge in [0, 0.05) is 5.56 Å². The lowest BCUT2D eigenvalue weighted by Crippen LogP contribution is -2.00. The second-order valence-corrected chi connectivity index (χ2v) is 4.75. The van der Waals surface area contributed by atoms with E-state index in [1.807, 2.05) is 31.2 Å². The molecule has 2 rings (SSSR count). The van der Waals surface area contributed by atoms with Gasteiger partial charge in [-0.2, -0.15) is 0 Å². The summed E-state index contributed by atoms with van der Waals surface area (Å²) in [5.74, 6) is -0.515. The fraction of sp³-hybridized carbons (Fsp3) is 0.176. The maximum atomic E-state index is 11.8. The van der Waals surface area contributed by atoms with Crippen LogP contribution in [-0.4, -0.2) is 18.9 Å². The molecule has 102 valence electrons. The van der Waals surface area contributed by atoms with Crippen molar-refractivity contribution in [2.45, 2.75) is 13.8 Å². The SMILES string of the molecule is C=C(C)c1ccc2c(C(C)=O)cc(C(=O)OC)c-2cc1. The van der Waals surface area contributed by atoms with Crippen LogP contribution in [0.2, 0.25) is 0 Å². The highest BCUT2D eigenvalue weighted by molar-refractivity contribution is 6.09. The van der Waals surface area contributed by atoms with Crippen molar-refractivity contribution < 1.29 is 14.3 Å². The van der Waals surface area contributed by atoms with Crippen LogP contribution in [0, 0.1) is 0 Å². The molecule has 3 nitrogen and oxygen atoms in total. The number of hydrogen-bond acceptors (Lipinski definition) is 3. The van der Waals surface area contributed by atoms with Crippen LogP contribution in [0.4, 0.5) is 0 Å². The Kier molecular flexibility index (Phi) is 3.70. The Balaban J connectivity index is 2.75. The van der Waals surface area contributed by atoms with Gasteiger partial charge in [-0.05, 0) is 36.6 Å². The molecule has 3 heteroatoms. The molecule has 0 fully saturated rings. The summed E-state index contributed by atoms with van der Waals surface area (Å²) in [6.07, 6.45) is 0. The molecule has 2 aliphatic carbocycles. The zero-order valence-electron chi connectivity index (χ0n) is 11.8. The zero-order chi connectivity index (χ0) is 14.9. The largest absolute Gasteiger partial charge is 0.465 e. The van der Waals surface area contributed by atoms with Crippen molar-refractivity contribution in [1.82, 2.24) is 0 Å². The van der Waals surface area contributed by atoms with Crippen LogP contribution in [0.1, 0.15) is 40.1 Å². The van der Waals surface area contributed by atoms with Crippen molar-refractivity contribution in [3.05, 3.63) is 53.6 Å². The molecule has 0 aromatic rings. The molecule has 0 bridgehead atoms. The third kappa shape index (κ3) is 2.35. The molecule has 0 aliphatic heterocycles. The van der Waals surface area contributed by atoms with E-state index in [9.17, 15) is 9.59 Å². The van der Waals surface area contributed by atoms with E-state index in [4.69, 9.17) is 4.74 Å². The summed E-state index contributed by atoms with van der Waals surface area (Å²) in [5.41, 5.74) is 4.30. The summed E-state index contributed by atoms with van der Waals surface area (Å²) in [4.78, 5) is 23.6. The van der Waals surface area contributed by atoms with E-state index in [0.717, 1.165) is 22.3 Å². The molecule has 20 heavy (non-hydrogen) atoms. The maximum absolute atomic E-state index is 11.8. The molecule has 2 aliphatic rings. The molecule has 0 radical (unpaired) electrons. The molecule has 0 N–H and O–H groups in total. The average Bonchev–Trinajstić information content (AvgIpc) is 2.62. The van der Waals surface area contributed by atoms with Gasteiger partial charge < -0.3 is 4.74 Å². The Bertz CT molecular complexity index is 683. The summed E-state index contributed by atoms with van der Waals surface area (Å²) in [5, 5.41) is 0. The van der Waals surface area contributed by atoms with Crippen LogP contribution < -0.4 is 0 Å². The normalized spacial score (nSPS) is 10.3. The van der Waals surface area contributed by atoms with Gasteiger partial charge in [0.15, 0.2) is 5.78 Å². The molecular formula is C17H16O3. The zero-order valence-corrected chi connectivity index (χ0v) is 11.8. The summed E-state index contributed by atoms with van der Waals surface area (Å²) in [7, 11) is 1.33. The van der Waals surface area contributed by atoms with Gasteiger partial charge in [0.2, 0.25) is 0 Å². The van der Waals surface area contributed by atoms with E-state index < -0.39 is 5.97 Å². The number of allylic oxidation sites excluding steroid dienone is 1. The molecule has 0 heterocycles. The number of fused-ring (bicyclic) bond motifs is 1. The van der Waals surface area contributed by atoms with Crippen LogP contribution >= 0.6 is 0 Å². The highest BCUT2D eigenvalue weighted by atomic mass is 16.5. The van der Waals surface area contributed by atoms with Crippen molar-refractivity contribution in [2.24, 2.45) is 0 Å². The number of carbonyl (C=O) groups excluding carboxylic acids is 2. The van der Waals surface area contributed by atoms with Crippen LogP contribution in [0.25, 0.3) is 16.7 Å². The lowest BCUT2D eigenvalue weighted by molar-refractivity contribution is 0.0602. The molecule has 0 aromatic heterocycles. The second-order valence-electron chi connectivity index (χ2n) is 4.75. The molecular weight excluding hydrogens is 252 g/mol. The minimum absolute atomic E-state index is 0.0757. The van der Waals surface area contributed by atoms with Crippen LogP contribution in [0.3, 0.4) is 0 Å². The summed E-state index contributed by atoms with van der Waals surface area (Å²) < 4.78 is 4.78.